The quantitative estimate of drug-likeness (QED) is 0.861. The molecule has 66 valence electrons. The number of carboxylic acid groups (broad SMARTS) is 1. The number of hydrogen-bond acceptors (Lipinski definition) is 2. The molecule has 4 heteroatoms. The molecule has 0 heterocycles. The number of carbonyl (C=O) groups is 1. The monoisotopic (exact) mass is 239 g/mol. The summed E-state index contributed by atoms with van der Waals surface area (Å²) >= 11 is 3.15. The first-order chi connectivity index (χ1) is 6.16. The van der Waals surface area contributed by atoms with Crippen LogP contribution in [0.4, 0.5) is 0 Å². The smallest absolute Gasteiger partial charge is 0.336 e. The van der Waals surface area contributed by atoms with E-state index in [0.717, 1.165) is 0 Å². The molecule has 0 aliphatic rings. The van der Waals surface area contributed by atoms with E-state index in [0.29, 0.717) is 10.0 Å². The largest absolute Gasteiger partial charge is 0.478 e. The van der Waals surface area contributed by atoms with Crippen LogP contribution in [0.5, 0.6) is 0 Å². The maximum Gasteiger partial charge on any atom is 0.336 e. The normalized spacial score (nSPS) is 9.23. The van der Waals surface area contributed by atoms with Crippen molar-refractivity contribution in [2.45, 2.75) is 6.42 Å². The summed E-state index contributed by atoms with van der Waals surface area (Å²) < 4.78 is 0.490. The SMILES string of the molecule is N#CCc1cccc(C(=O)O)c1Br. The molecule has 0 radical (unpaired) electrons. The van der Waals surface area contributed by atoms with Gasteiger partial charge in [0.1, 0.15) is 0 Å². The second kappa shape index (κ2) is 4.06. The van der Waals surface area contributed by atoms with Gasteiger partial charge in [-0.15, -0.1) is 0 Å². The van der Waals surface area contributed by atoms with E-state index < -0.39 is 5.97 Å². The van der Waals surface area contributed by atoms with Crippen LogP contribution in [0, 0.1) is 11.3 Å². The van der Waals surface area contributed by atoms with Gasteiger partial charge >= 0.3 is 5.97 Å². The Morgan fingerprint density at radius 2 is 2.31 bits per heavy atom. The molecule has 1 rings (SSSR count). The van der Waals surface area contributed by atoms with Crippen molar-refractivity contribution in [1.82, 2.24) is 0 Å². The van der Waals surface area contributed by atoms with Crippen LogP contribution in [0.2, 0.25) is 0 Å². The van der Waals surface area contributed by atoms with Crippen molar-refractivity contribution < 1.29 is 9.90 Å². The molecular weight excluding hydrogens is 234 g/mol. The Labute approximate surface area is 83.7 Å². The maximum absolute atomic E-state index is 10.7. The summed E-state index contributed by atoms with van der Waals surface area (Å²) in [6, 6.07) is 6.81. The molecule has 0 aromatic heterocycles. The summed E-state index contributed by atoms with van der Waals surface area (Å²) in [7, 11) is 0. The number of benzene rings is 1. The van der Waals surface area contributed by atoms with Gasteiger partial charge in [0.2, 0.25) is 0 Å². The second-order valence-electron chi connectivity index (χ2n) is 2.42. The molecule has 1 aromatic rings. The molecule has 3 nitrogen and oxygen atoms in total. The van der Waals surface area contributed by atoms with Crippen LogP contribution < -0.4 is 0 Å². The number of rotatable bonds is 2. The van der Waals surface area contributed by atoms with Crippen LogP contribution in [-0.2, 0) is 6.42 Å². The van der Waals surface area contributed by atoms with Gasteiger partial charge in [-0.3, -0.25) is 0 Å². The fourth-order valence-electron chi connectivity index (χ4n) is 0.967. The number of aromatic carboxylic acids is 1. The average Bonchev–Trinajstić information content (AvgIpc) is 2.08. The first-order valence-electron chi connectivity index (χ1n) is 3.54. The van der Waals surface area contributed by atoms with Gasteiger partial charge in [0.15, 0.2) is 0 Å². The van der Waals surface area contributed by atoms with Gasteiger partial charge in [0.05, 0.1) is 18.1 Å². The third-order valence-electron chi connectivity index (χ3n) is 1.58. The predicted octanol–water partition coefficient (Wildman–Crippen LogP) is 2.21. The summed E-state index contributed by atoms with van der Waals surface area (Å²) in [6.45, 7) is 0. The Morgan fingerprint density at radius 3 is 2.85 bits per heavy atom. The minimum absolute atomic E-state index is 0.188. The maximum atomic E-state index is 10.7. The van der Waals surface area contributed by atoms with E-state index in [-0.39, 0.29) is 12.0 Å². The third-order valence-corrected chi connectivity index (χ3v) is 2.52. The Hall–Kier alpha value is -1.34. The first-order valence-corrected chi connectivity index (χ1v) is 4.33. The first kappa shape index (κ1) is 9.75. The fourth-order valence-corrected chi connectivity index (χ4v) is 1.54. The van der Waals surface area contributed by atoms with Gasteiger partial charge in [-0.25, -0.2) is 4.79 Å². The van der Waals surface area contributed by atoms with E-state index in [1.165, 1.54) is 6.07 Å². The molecule has 0 saturated carbocycles. The molecule has 13 heavy (non-hydrogen) atoms. The highest BCUT2D eigenvalue weighted by Gasteiger charge is 2.10. The van der Waals surface area contributed by atoms with Gasteiger partial charge in [-0.1, -0.05) is 12.1 Å². The highest BCUT2D eigenvalue weighted by atomic mass is 79.9. The summed E-state index contributed by atoms with van der Waals surface area (Å²) in [4.78, 5) is 10.7. The predicted molar refractivity (Wildman–Crippen MR) is 50.4 cm³/mol. The molecule has 0 saturated heterocycles. The second-order valence-corrected chi connectivity index (χ2v) is 3.21. The molecule has 0 bridgehead atoms. The van der Waals surface area contributed by atoms with E-state index in [1.54, 1.807) is 12.1 Å². The van der Waals surface area contributed by atoms with Crippen LogP contribution in [0.25, 0.3) is 0 Å². The highest BCUT2D eigenvalue weighted by molar-refractivity contribution is 9.10. The number of nitrogens with zero attached hydrogens (tertiary/aromatic N) is 1. The van der Waals surface area contributed by atoms with Gasteiger partial charge < -0.3 is 5.11 Å². The zero-order chi connectivity index (χ0) is 9.84. The van der Waals surface area contributed by atoms with E-state index >= 15 is 0 Å². The molecule has 1 N–H and O–H groups in total. The van der Waals surface area contributed by atoms with Crippen molar-refractivity contribution in [3.63, 3.8) is 0 Å². The van der Waals surface area contributed by atoms with Crippen LogP contribution in [0.1, 0.15) is 15.9 Å². The molecule has 0 aliphatic carbocycles. The summed E-state index contributed by atoms with van der Waals surface area (Å²) in [5.41, 5.74) is 0.884. The summed E-state index contributed by atoms with van der Waals surface area (Å²) in [6.07, 6.45) is 0.210. The molecule has 0 fully saturated rings. The highest BCUT2D eigenvalue weighted by Crippen LogP contribution is 2.22. The number of hydrogen-bond donors (Lipinski definition) is 1. The standard InChI is InChI=1S/C9H6BrNO2/c10-8-6(4-5-11)2-1-3-7(8)9(12)13/h1-3H,4H2,(H,12,13). The molecule has 0 unspecified atom stereocenters. The minimum atomic E-state index is -0.994. The fraction of sp³-hybridized carbons (Fsp3) is 0.111. The molecule has 0 spiro atoms. The Kier molecular flexibility index (Phi) is 3.04. The zero-order valence-electron chi connectivity index (χ0n) is 6.62. The number of nitriles is 1. The average molecular weight is 240 g/mol. The van der Waals surface area contributed by atoms with Gasteiger partial charge in [0, 0.05) is 4.47 Å². The molecule has 1 aromatic carbocycles. The third kappa shape index (κ3) is 2.07. The Morgan fingerprint density at radius 1 is 1.62 bits per heavy atom. The molecule has 0 amide bonds. The Balaban J connectivity index is 3.20. The Bertz CT molecular complexity index is 382. The molecule has 0 atom stereocenters. The molecule has 0 aliphatic heterocycles. The van der Waals surface area contributed by atoms with Crippen molar-refractivity contribution in [3.8, 4) is 6.07 Å². The topological polar surface area (TPSA) is 61.1 Å². The van der Waals surface area contributed by atoms with Crippen molar-refractivity contribution in [2.75, 3.05) is 0 Å². The van der Waals surface area contributed by atoms with Crippen LogP contribution in [0.3, 0.4) is 0 Å². The van der Waals surface area contributed by atoms with Crippen molar-refractivity contribution in [2.24, 2.45) is 0 Å². The van der Waals surface area contributed by atoms with Gasteiger partial charge in [0.25, 0.3) is 0 Å². The van der Waals surface area contributed by atoms with E-state index in [2.05, 4.69) is 15.9 Å². The van der Waals surface area contributed by atoms with E-state index in [4.69, 9.17) is 10.4 Å². The lowest BCUT2D eigenvalue weighted by Gasteiger charge is -2.02. The lowest BCUT2D eigenvalue weighted by atomic mass is 10.1. The number of halogens is 1. The number of carboxylic acids is 1. The van der Waals surface area contributed by atoms with E-state index in [1.807, 2.05) is 6.07 Å². The summed E-state index contributed by atoms with van der Waals surface area (Å²) in [5, 5.41) is 17.2. The lowest BCUT2D eigenvalue weighted by Crippen LogP contribution is -1.99. The van der Waals surface area contributed by atoms with Crippen LogP contribution in [-0.4, -0.2) is 11.1 Å². The summed E-state index contributed by atoms with van der Waals surface area (Å²) in [5.74, 6) is -0.994. The van der Waals surface area contributed by atoms with Gasteiger partial charge in [-0.2, -0.15) is 5.26 Å². The van der Waals surface area contributed by atoms with Crippen LogP contribution in [0.15, 0.2) is 22.7 Å². The minimum Gasteiger partial charge on any atom is -0.478 e. The zero-order valence-corrected chi connectivity index (χ0v) is 8.21. The van der Waals surface area contributed by atoms with Crippen LogP contribution >= 0.6 is 15.9 Å². The lowest BCUT2D eigenvalue weighted by molar-refractivity contribution is 0.0696. The van der Waals surface area contributed by atoms with Crippen molar-refractivity contribution in [3.05, 3.63) is 33.8 Å². The van der Waals surface area contributed by atoms with E-state index in [9.17, 15) is 4.79 Å². The van der Waals surface area contributed by atoms with Crippen molar-refractivity contribution in [1.29, 1.82) is 5.26 Å². The molecular formula is C9H6BrNO2. The van der Waals surface area contributed by atoms with Crippen molar-refractivity contribution >= 4 is 21.9 Å². The van der Waals surface area contributed by atoms with Gasteiger partial charge in [-0.05, 0) is 27.6 Å².